The number of carbonyl (C=O) groups excluding carboxylic acids is 1. The van der Waals surface area contributed by atoms with Crippen LogP contribution in [0.4, 0.5) is 18.9 Å². The van der Waals surface area contributed by atoms with Crippen LogP contribution in [0.5, 0.6) is 5.75 Å². The molecule has 0 aliphatic carbocycles. The molecular formula is C21H17F3N2O2. The number of rotatable bonds is 5. The third kappa shape index (κ3) is 5.09. The number of alkyl halides is 3. The second kappa shape index (κ2) is 8.12. The summed E-state index contributed by atoms with van der Waals surface area (Å²) in [5.41, 5.74) is 3.36. The van der Waals surface area contributed by atoms with Gasteiger partial charge in [0.15, 0.2) is 0 Å². The average molecular weight is 386 g/mol. The lowest BCUT2D eigenvalue weighted by Crippen LogP contribution is -2.17. The molecule has 3 rings (SSSR count). The maximum atomic E-state index is 12.4. The Bertz CT molecular complexity index is 953. The summed E-state index contributed by atoms with van der Waals surface area (Å²) >= 11 is 0. The van der Waals surface area contributed by atoms with Crippen molar-refractivity contribution in [3.05, 3.63) is 78.0 Å². The van der Waals surface area contributed by atoms with E-state index in [0.29, 0.717) is 5.56 Å². The molecule has 0 atom stereocenters. The number of anilines is 1. The quantitative estimate of drug-likeness (QED) is 0.633. The van der Waals surface area contributed by atoms with E-state index < -0.39 is 18.0 Å². The minimum Gasteiger partial charge on any atom is -0.406 e. The Kier molecular flexibility index (Phi) is 5.63. The van der Waals surface area contributed by atoms with Gasteiger partial charge in [0.1, 0.15) is 5.75 Å². The molecule has 0 aliphatic heterocycles. The smallest absolute Gasteiger partial charge is 0.406 e. The molecule has 1 aromatic heterocycles. The van der Waals surface area contributed by atoms with Gasteiger partial charge in [0.25, 0.3) is 5.91 Å². The van der Waals surface area contributed by atoms with Crippen molar-refractivity contribution in [2.45, 2.75) is 19.7 Å². The van der Waals surface area contributed by atoms with Gasteiger partial charge >= 0.3 is 6.36 Å². The van der Waals surface area contributed by atoms with Crippen LogP contribution in [0.25, 0.3) is 11.3 Å². The van der Waals surface area contributed by atoms with E-state index in [9.17, 15) is 18.0 Å². The van der Waals surface area contributed by atoms with E-state index in [1.165, 1.54) is 12.1 Å². The third-order valence-corrected chi connectivity index (χ3v) is 4.00. The lowest BCUT2D eigenvalue weighted by molar-refractivity contribution is -0.274. The van der Waals surface area contributed by atoms with Crippen LogP contribution in [0.1, 0.15) is 22.8 Å². The maximum absolute atomic E-state index is 12.4. The second-order valence-corrected chi connectivity index (χ2v) is 6.01. The number of hydrogen-bond donors (Lipinski definition) is 1. The molecule has 7 heteroatoms. The highest BCUT2D eigenvalue weighted by molar-refractivity contribution is 6.04. The Hall–Kier alpha value is -3.35. The van der Waals surface area contributed by atoms with Gasteiger partial charge in [0.05, 0.1) is 5.69 Å². The highest BCUT2D eigenvalue weighted by atomic mass is 19.4. The zero-order valence-electron chi connectivity index (χ0n) is 15.0. The summed E-state index contributed by atoms with van der Waals surface area (Å²) in [5.74, 6) is -0.841. The normalized spacial score (nSPS) is 11.1. The predicted octanol–water partition coefficient (Wildman–Crippen LogP) is 5.46. The van der Waals surface area contributed by atoms with E-state index >= 15 is 0 Å². The van der Waals surface area contributed by atoms with Gasteiger partial charge in [-0.3, -0.25) is 9.78 Å². The van der Waals surface area contributed by atoms with Crippen molar-refractivity contribution in [3.8, 4) is 17.0 Å². The van der Waals surface area contributed by atoms with Gasteiger partial charge in [-0.05, 0) is 42.3 Å². The van der Waals surface area contributed by atoms with Crippen molar-refractivity contribution in [2.75, 3.05) is 5.32 Å². The first-order valence-corrected chi connectivity index (χ1v) is 8.56. The summed E-state index contributed by atoms with van der Waals surface area (Å²) in [6.45, 7) is 2.05. The number of halogens is 3. The zero-order chi connectivity index (χ0) is 20.1. The number of carbonyl (C=O) groups is 1. The van der Waals surface area contributed by atoms with Crippen molar-refractivity contribution >= 4 is 11.6 Å². The van der Waals surface area contributed by atoms with E-state index in [1.807, 2.05) is 18.3 Å². The molecule has 0 bridgehead atoms. The van der Waals surface area contributed by atoms with Crippen LogP contribution in [0.15, 0.2) is 66.9 Å². The van der Waals surface area contributed by atoms with Gasteiger partial charge in [0, 0.05) is 29.1 Å². The van der Waals surface area contributed by atoms with Gasteiger partial charge in [-0.1, -0.05) is 31.2 Å². The van der Waals surface area contributed by atoms with Crippen LogP contribution in [0, 0.1) is 0 Å². The maximum Gasteiger partial charge on any atom is 0.573 e. The Balaban J connectivity index is 1.70. The summed E-state index contributed by atoms with van der Waals surface area (Å²) in [6.07, 6.45) is -2.07. The lowest BCUT2D eigenvalue weighted by atomic mass is 10.1. The van der Waals surface area contributed by atoms with Crippen LogP contribution < -0.4 is 10.1 Å². The van der Waals surface area contributed by atoms with Crippen LogP contribution in [0.2, 0.25) is 0 Å². The molecule has 0 spiro atoms. The number of aromatic nitrogens is 1. The van der Waals surface area contributed by atoms with Crippen molar-refractivity contribution in [1.82, 2.24) is 4.98 Å². The zero-order valence-corrected chi connectivity index (χ0v) is 15.0. The molecule has 4 nitrogen and oxygen atoms in total. The summed E-state index contributed by atoms with van der Waals surface area (Å²) in [6, 6.07) is 15.8. The molecule has 0 unspecified atom stereocenters. The second-order valence-electron chi connectivity index (χ2n) is 6.01. The minimum atomic E-state index is -4.79. The monoisotopic (exact) mass is 386 g/mol. The van der Waals surface area contributed by atoms with E-state index in [-0.39, 0.29) is 5.69 Å². The number of aryl methyl sites for hydroxylation is 1. The lowest BCUT2D eigenvalue weighted by Gasteiger charge is -2.11. The van der Waals surface area contributed by atoms with Crippen molar-refractivity contribution in [2.24, 2.45) is 0 Å². The van der Waals surface area contributed by atoms with Crippen LogP contribution in [-0.4, -0.2) is 17.3 Å². The summed E-state index contributed by atoms with van der Waals surface area (Å²) in [7, 11) is 0. The molecule has 1 heterocycles. The summed E-state index contributed by atoms with van der Waals surface area (Å²) in [4.78, 5) is 16.7. The molecule has 2 aromatic carbocycles. The minimum absolute atomic E-state index is 0.202. The number of hydrogen-bond acceptors (Lipinski definition) is 3. The number of benzene rings is 2. The molecule has 0 aliphatic rings. The number of pyridine rings is 1. The fourth-order valence-corrected chi connectivity index (χ4v) is 2.57. The molecule has 0 saturated heterocycles. The number of nitrogens with zero attached hydrogens (tertiary/aromatic N) is 1. The number of amides is 1. The van der Waals surface area contributed by atoms with Gasteiger partial charge in [0.2, 0.25) is 0 Å². The van der Waals surface area contributed by atoms with E-state index in [4.69, 9.17) is 0 Å². The van der Waals surface area contributed by atoms with Gasteiger partial charge in [-0.25, -0.2) is 0 Å². The van der Waals surface area contributed by atoms with Crippen molar-refractivity contribution < 1.29 is 22.7 Å². The highest BCUT2D eigenvalue weighted by Crippen LogP contribution is 2.25. The topological polar surface area (TPSA) is 51.2 Å². The standard InChI is InChI=1S/C21H17F3N2O2/c1-2-14-6-11-19(25-13-14)15-7-9-16(10-8-15)20(27)26-17-4-3-5-18(12-17)28-21(22,23)24/h3-13H,2H2,1H3,(H,26,27). The van der Waals surface area contributed by atoms with Crippen LogP contribution in [0.3, 0.4) is 0 Å². The highest BCUT2D eigenvalue weighted by Gasteiger charge is 2.31. The van der Waals surface area contributed by atoms with E-state index in [1.54, 1.807) is 24.3 Å². The fraction of sp³-hybridized carbons (Fsp3) is 0.143. The third-order valence-electron chi connectivity index (χ3n) is 4.00. The largest absolute Gasteiger partial charge is 0.573 e. The Labute approximate surface area is 160 Å². The number of ether oxygens (including phenoxy) is 1. The predicted molar refractivity (Wildman–Crippen MR) is 100 cm³/mol. The first kappa shape index (κ1) is 19.4. The number of nitrogens with one attached hydrogen (secondary N) is 1. The average Bonchev–Trinajstić information content (AvgIpc) is 2.67. The SMILES string of the molecule is CCc1ccc(-c2ccc(C(=O)Nc3cccc(OC(F)(F)F)c3)cc2)nc1. The molecule has 1 amide bonds. The summed E-state index contributed by atoms with van der Waals surface area (Å²) < 4.78 is 40.8. The Morgan fingerprint density at radius 2 is 1.82 bits per heavy atom. The molecule has 3 aromatic rings. The Morgan fingerprint density at radius 3 is 2.43 bits per heavy atom. The van der Waals surface area contributed by atoms with Gasteiger partial charge in [-0.2, -0.15) is 0 Å². The molecule has 144 valence electrons. The Morgan fingerprint density at radius 1 is 1.07 bits per heavy atom. The van der Waals surface area contributed by atoms with Crippen LogP contribution in [-0.2, 0) is 6.42 Å². The van der Waals surface area contributed by atoms with Crippen LogP contribution >= 0.6 is 0 Å². The van der Waals surface area contributed by atoms with Gasteiger partial charge in [-0.15, -0.1) is 13.2 Å². The van der Waals surface area contributed by atoms with Crippen molar-refractivity contribution in [3.63, 3.8) is 0 Å². The van der Waals surface area contributed by atoms with Crippen molar-refractivity contribution in [1.29, 1.82) is 0 Å². The molecule has 0 fully saturated rings. The van der Waals surface area contributed by atoms with Gasteiger partial charge < -0.3 is 10.1 Å². The van der Waals surface area contributed by atoms with E-state index in [0.717, 1.165) is 35.4 Å². The molecular weight excluding hydrogens is 369 g/mol. The molecule has 0 saturated carbocycles. The first-order valence-electron chi connectivity index (χ1n) is 8.56. The van der Waals surface area contributed by atoms with E-state index in [2.05, 4.69) is 22.0 Å². The first-order chi connectivity index (χ1) is 13.3. The summed E-state index contributed by atoms with van der Waals surface area (Å²) in [5, 5.41) is 2.56. The molecule has 0 radical (unpaired) electrons. The fourth-order valence-electron chi connectivity index (χ4n) is 2.57. The molecule has 1 N–H and O–H groups in total. The molecule has 28 heavy (non-hydrogen) atoms.